The predicted octanol–water partition coefficient (Wildman–Crippen LogP) is 10.3. The lowest BCUT2D eigenvalue weighted by Gasteiger charge is -2.29. The molecule has 2 N–H and O–H groups in total. The highest BCUT2D eigenvalue weighted by Gasteiger charge is 2.23. The molecule has 0 aliphatic heterocycles. The first kappa shape index (κ1) is 49.0. The van der Waals surface area contributed by atoms with E-state index in [4.69, 9.17) is 9.05 Å². The van der Waals surface area contributed by atoms with Crippen LogP contribution in [0.1, 0.15) is 181 Å². The van der Waals surface area contributed by atoms with E-state index in [-0.39, 0.29) is 19.1 Å². The number of carbonyl (C=O) groups is 1. The van der Waals surface area contributed by atoms with E-state index in [0.29, 0.717) is 17.4 Å². The number of hydrogen-bond acceptors (Lipinski definition) is 6. The molecule has 0 saturated carbocycles. The molecule has 0 aliphatic carbocycles. The van der Waals surface area contributed by atoms with Gasteiger partial charge in [0, 0.05) is 6.42 Å². The lowest BCUT2D eigenvalue weighted by molar-refractivity contribution is -0.870. The van der Waals surface area contributed by atoms with Crippen molar-refractivity contribution in [2.45, 2.75) is 193 Å². The summed E-state index contributed by atoms with van der Waals surface area (Å²) in [6.07, 6.45) is 37.9. The summed E-state index contributed by atoms with van der Waals surface area (Å²) in [5.74, 6) is -0.205. The molecule has 3 atom stereocenters. The molecule has 0 aliphatic rings. The normalized spacial score (nSPS) is 14.8. The first-order chi connectivity index (χ1) is 24.0. The molecule has 0 fully saturated rings. The number of allylic oxidation sites excluding steroid dienone is 3. The van der Waals surface area contributed by atoms with Crippen molar-refractivity contribution in [1.29, 1.82) is 0 Å². The van der Waals surface area contributed by atoms with E-state index in [0.717, 1.165) is 38.5 Å². The van der Waals surface area contributed by atoms with Gasteiger partial charge in [0.2, 0.25) is 5.91 Å². The minimum atomic E-state index is -4.58. The van der Waals surface area contributed by atoms with Crippen molar-refractivity contribution >= 4 is 13.7 Å². The number of unbranched alkanes of at least 4 members (excludes halogenated alkanes) is 22. The van der Waals surface area contributed by atoms with Crippen molar-refractivity contribution < 1.29 is 32.9 Å². The highest BCUT2D eigenvalue weighted by molar-refractivity contribution is 7.45. The van der Waals surface area contributed by atoms with E-state index >= 15 is 0 Å². The van der Waals surface area contributed by atoms with E-state index in [1.54, 1.807) is 6.08 Å². The Morgan fingerprint density at radius 3 is 1.56 bits per heavy atom. The highest BCUT2D eigenvalue weighted by Crippen LogP contribution is 2.38. The third-order valence-corrected chi connectivity index (χ3v) is 10.1. The predicted molar refractivity (Wildman–Crippen MR) is 210 cm³/mol. The summed E-state index contributed by atoms with van der Waals surface area (Å²) in [6, 6.07) is -0.883. The van der Waals surface area contributed by atoms with Crippen LogP contribution in [0.15, 0.2) is 24.3 Å². The Morgan fingerprint density at radius 2 is 1.10 bits per heavy atom. The summed E-state index contributed by atoms with van der Waals surface area (Å²) >= 11 is 0. The highest BCUT2D eigenvalue weighted by atomic mass is 31.2. The van der Waals surface area contributed by atoms with Crippen LogP contribution in [0, 0.1) is 0 Å². The summed E-state index contributed by atoms with van der Waals surface area (Å²) in [5, 5.41) is 13.7. The van der Waals surface area contributed by atoms with Gasteiger partial charge in [-0.05, 0) is 44.9 Å². The van der Waals surface area contributed by atoms with Crippen molar-refractivity contribution in [2.24, 2.45) is 0 Å². The first-order valence-electron chi connectivity index (χ1n) is 20.7. The minimum absolute atomic E-state index is 0.00122. The molecular formula is C41H81N2O6P. The molecule has 3 unspecified atom stereocenters. The smallest absolute Gasteiger partial charge is 0.268 e. The average Bonchev–Trinajstić information content (AvgIpc) is 3.06. The maximum absolute atomic E-state index is 12.8. The molecule has 1 amide bonds. The summed E-state index contributed by atoms with van der Waals surface area (Å²) in [5.41, 5.74) is 0. The van der Waals surface area contributed by atoms with E-state index in [2.05, 4.69) is 31.3 Å². The second-order valence-electron chi connectivity index (χ2n) is 15.3. The Labute approximate surface area is 309 Å². The molecule has 50 heavy (non-hydrogen) atoms. The monoisotopic (exact) mass is 729 g/mol. The van der Waals surface area contributed by atoms with Crippen LogP contribution in [0.5, 0.6) is 0 Å². The van der Waals surface area contributed by atoms with E-state index < -0.39 is 20.0 Å². The minimum Gasteiger partial charge on any atom is -0.756 e. The number of rotatable bonds is 37. The van der Waals surface area contributed by atoms with E-state index in [1.807, 2.05) is 27.2 Å². The number of amides is 1. The number of phosphoric acid groups is 1. The summed E-state index contributed by atoms with van der Waals surface area (Å²) < 4.78 is 23.1. The molecule has 296 valence electrons. The van der Waals surface area contributed by atoms with Crippen molar-refractivity contribution in [3.05, 3.63) is 24.3 Å². The van der Waals surface area contributed by atoms with Crippen molar-refractivity contribution in [2.75, 3.05) is 40.9 Å². The van der Waals surface area contributed by atoms with Crippen LogP contribution in [-0.2, 0) is 18.4 Å². The third-order valence-electron chi connectivity index (χ3n) is 9.16. The molecule has 0 rings (SSSR count). The van der Waals surface area contributed by atoms with Crippen LogP contribution in [0.4, 0.5) is 0 Å². The Kier molecular flexibility index (Phi) is 33.1. The number of nitrogens with zero attached hydrogens (tertiary/aromatic N) is 1. The van der Waals surface area contributed by atoms with Gasteiger partial charge >= 0.3 is 0 Å². The molecule has 0 aromatic heterocycles. The number of nitrogens with one attached hydrogen (secondary N) is 1. The van der Waals surface area contributed by atoms with Gasteiger partial charge in [0.05, 0.1) is 39.9 Å². The van der Waals surface area contributed by atoms with Gasteiger partial charge in [0.15, 0.2) is 0 Å². The van der Waals surface area contributed by atoms with Gasteiger partial charge in [-0.25, -0.2) is 0 Å². The molecule has 0 saturated heterocycles. The van der Waals surface area contributed by atoms with Crippen LogP contribution < -0.4 is 10.2 Å². The Morgan fingerprint density at radius 1 is 0.680 bits per heavy atom. The third kappa shape index (κ3) is 35.4. The summed E-state index contributed by atoms with van der Waals surface area (Å²) in [6.45, 7) is 4.61. The van der Waals surface area contributed by atoms with Crippen LogP contribution in [0.2, 0.25) is 0 Å². The Hall–Kier alpha value is -1.02. The molecule has 0 radical (unpaired) electrons. The molecule has 0 bridgehead atoms. The van der Waals surface area contributed by atoms with Gasteiger partial charge in [0.1, 0.15) is 13.2 Å². The molecule has 0 aromatic rings. The fourth-order valence-corrected chi connectivity index (χ4v) is 6.52. The summed E-state index contributed by atoms with van der Waals surface area (Å²) in [7, 11) is 1.26. The lowest BCUT2D eigenvalue weighted by atomic mass is 10.1. The number of aliphatic hydroxyl groups is 1. The zero-order chi connectivity index (χ0) is 37.2. The van der Waals surface area contributed by atoms with Gasteiger partial charge < -0.3 is 28.8 Å². The van der Waals surface area contributed by atoms with Crippen LogP contribution in [0.3, 0.4) is 0 Å². The number of phosphoric ester groups is 1. The molecule has 8 nitrogen and oxygen atoms in total. The maximum atomic E-state index is 12.8. The molecule has 9 heteroatoms. The Balaban J connectivity index is 4.39. The fraction of sp³-hybridized carbons (Fsp3) is 0.878. The molecule has 0 aromatic carbocycles. The maximum Gasteiger partial charge on any atom is 0.268 e. The van der Waals surface area contributed by atoms with Gasteiger partial charge in [-0.15, -0.1) is 0 Å². The van der Waals surface area contributed by atoms with Crippen molar-refractivity contribution in [1.82, 2.24) is 5.32 Å². The van der Waals surface area contributed by atoms with Crippen LogP contribution in [0.25, 0.3) is 0 Å². The first-order valence-corrected chi connectivity index (χ1v) is 22.2. The zero-order valence-corrected chi connectivity index (χ0v) is 34.2. The largest absolute Gasteiger partial charge is 0.756 e. The number of likely N-dealkylation sites (N-methyl/N-ethyl adjacent to an activating group) is 1. The number of hydrogen-bond donors (Lipinski definition) is 2. The second-order valence-corrected chi connectivity index (χ2v) is 16.8. The van der Waals surface area contributed by atoms with E-state index in [1.165, 1.54) is 122 Å². The van der Waals surface area contributed by atoms with Gasteiger partial charge in [-0.2, -0.15) is 0 Å². The standard InChI is InChI=1S/C41H81N2O6P/c1-6-8-10-12-14-16-18-19-20-21-22-23-24-25-27-29-31-33-35-41(45)42-39(38-49-50(46,47)48-37-36-43(3,4)5)40(44)34-32-30-28-26-17-15-13-11-9-7-2/h20-21,32,34,39-40,44H,6-19,22-31,33,35-38H2,1-5H3,(H-,42,45,46,47)/b21-20-,34-32+. The quantitative estimate of drug-likeness (QED) is 0.0285. The molecule has 0 spiro atoms. The van der Waals surface area contributed by atoms with Crippen molar-refractivity contribution in [3.8, 4) is 0 Å². The Bertz CT molecular complexity index is 876. The van der Waals surface area contributed by atoms with Crippen LogP contribution in [-0.4, -0.2) is 68.5 Å². The SMILES string of the molecule is CCCCCCCCC/C=C\CCCCCCCCCC(=O)NC(COP(=O)([O-])OCC[N+](C)(C)C)C(O)/C=C/CCCCCCCCCC. The molecule has 0 heterocycles. The van der Waals surface area contributed by atoms with Gasteiger partial charge in [0.25, 0.3) is 7.82 Å². The number of aliphatic hydroxyl groups excluding tert-OH is 1. The number of carbonyl (C=O) groups excluding carboxylic acids is 1. The zero-order valence-electron chi connectivity index (χ0n) is 33.4. The van der Waals surface area contributed by atoms with E-state index in [9.17, 15) is 19.4 Å². The topological polar surface area (TPSA) is 108 Å². The molecular weight excluding hydrogens is 647 g/mol. The van der Waals surface area contributed by atoms with Crippen LogP contribution >= 0.6 is 7.82 Å². The summed E-state index contributed by atoms with van der Waals surface area (Å²) in [4.78, 5) is 25.2. The second kappa shape index (κ2) is 33.8. The van der Waals surface area contributed by atoms with Gasteiger partial charge in [-0.1, -0.05) is 154 Å². The van der Waals surface area contributed by atoms with Crippen molar-refractivity contribution in [3.63, 3.8) is 0 Å². The fourth-order valence-electron chi connectivity index (χ4n) is 5.79. The lowest BCUT2D eigenvalue weighted by Crippen LogP contribution is -2.45. The van der Waals surface area contributed by atoms with Gasteiger partial charge in [-0.3, -0.25) is 9.36 Å². The number of quaternary nitrogens is 1. The average molecular weight is 729 g/mol.